The summed E-state index contributed by atoms with van der Waals surface area (Å²) in [5, 5.41) is 0. The van der Waals surface area contributed by atoms with Gasteiger partial charge in [0.2, 0.25) is 5.78 Å². The van der Waals surface area contributed by atoms with Crippen molar-refractivity contribution in [3.8, 4) is 0 Å². The molecular formula is C26H31FO6. The van der Waals surface area contributed by atoms with Crippen molar-refractivity contribution in [1.29, 1.82) is 0 Å². The largest absolute Gasteiger partial charge is 0.458 e. The molecule has 1 saturated heterocycles. The van der Waals surface area contributed by atoms with Crippen LogP contribution in [-0.2, 0) is 28.6 Å². The number of alkyl halides is 1. The van der Waals surface area contributed by atoms with Gasteiger partial charge in [0.05, 0.1) is 6.10 Å². The second-order valence-corrected chi connectivity index (χ2v) is 11.0. The van der Waals surface area contributed by atoms with Crippen molar-refractivity contribution in [2.24, 2.45) is 22.7 Å². The number of ether oxygens (including phenoxy) is 3. The van der Waals surface area contributed by atoms with Crippen molar-refractivity contribution in [3.05, 3.63) is 35.5 Å². The van der Waals surface area contributed by atoms with Crippen molar-refractivity contribution in [2.75, 3.05) is 6.61 Å². The minimum atomic E-state index is -1.28. The fourth-order valence-corrected chi connectivity index (χ4v) is 7.41. The third-order valence-corrected chi connectivity index (χ3v) is 8.75. The second-order valence-electron chi connectivity index (χ2n) is 11.0. The van der Waals surface area contributed by atoms with Gasteiger partial charge < -0.3 is 14.2 Å². The van der Waals surface area contributed by atoms with Crippen LogP contribution in [0.2, 0.25) is 0 Å². The van der Waals surface area contributed by atoms with Crippen molar-refractivity contribution >= 4 is 17.5 Å². The van der Waals surface area contributed by atoms with E-state index < -0.39 is 40.5 Å². The Morgan fingerprint density at radius 3 is 2.61 bits per heavy atom. The number of hydrogen-bond acceptors (Lipinski definition) is 6. The Morgan fingerprint density at radius 1 is 1.18 bits per heavy atom. The van der Waals surface area contributed by atoms with Crippen LogP contribution in [-0.4, -0.2) is 47.8 Å². The Balaban J connectivity index is 1.59. The molecule has 7 unspecified atom stereocenters. The van der Waals surface area contributed by atoms with E-state index in [1.807, 2.05) is 19.9 Å². The lowest BCUT2D eigenvalue weighted by Gasteiger charge is -2.54. The van der Waals surface area contributed by atoms with Gasteiger partial charge in [-0.25, -0.2) is 4.39 Å². The Kier molecular flexibility index (Phi) is 4.77. The van der Waals surface area contributed by atoms with E-state index in [4.69, 9.17) is 14.2 Å². The van der Waals surface area contributed by atoms with Crippen LogP contribution in [0.5, 0.6) is 0 Å². The zero-order valence-electron chi connectivity index (χ0n) is 19.8. The first-order chi connectivity index (χ1) is 15.3. The molecule has 5 rings (SSSR count). The van der Waals surface area contributed by atoms with Gasteiger partial charge in [-0.1, -0.05) is 24.6 Å². The molecule has 0 amide bonds. The van der Waals surface area contributed by atoms with Crippen LogP contribution in [0, 0.1) is 22.7 Å². The molecule has 1 aliphatic heterocycles. The van der Waals surface area contributed by atoms with Gasteiger partial charge in [-0.2, -0.15) is 0 Å². The van der Waals surface area contributed by atoms with Gasteiger partial charge in [-0.05, 0) is 69.6 Å². The molecule has 178 valence electrons. The summed E-state index contributed by atoms with van der Waals surface area (Å²) in [6.07, 6.45) is 6.53. The van der Waals surface area contributed by atoms with Crippen LogP contribution >= 0.6 is 0 Å². The Hall–Kier alpha value is -2.12. The van der Waals surface area contributed by atoms with E-state index in [1.54, 1.807) is 13.8 Å². The van der Waals surface area contributed by atoms with Crippen molar-refractivity contribution in [1.82, 2.24) is 0 Å². The molecule has 0 spiro atoms. The Labute approximate surface area is 193 Å². The molecule has 2 saturated carbocycles. The van der Waals surface area contributed by atoms with Crippen LogP contribution in [0.3, 0.4) is 0 Å². The van der Waals surface area contributed by atoms with E-state index in [0.29, 0.717) is 18.4 Å². The second kappa shape index (κ2) is 6.95. The number of carbonyl (C=O) groups is 3. The average molecular weight is 459 g/mol. The van der Waals surface area contributed by atoms with E-state index in [1.165, 1.54) is 19.1 Å². The number of fused-ring (bicyclic) bond motifs is 7. The molecule has 6 nitrogen and oxygen atoms in total. The zero-order valence-corrected chi connectivity index (χ0v) is 19.8. The first kappa shape index (κ1) is 22.7. The minimum absolute atomic E-state index is 0.0532. The Bertz CT molecular complexity index is 1040. The number of hydrogen-bond donors (Lipinski definition) is 0. The van der Waals surface area contributed by atoms with Crippen LogP contribution < -0.4 is 0 Å². The highest BCUT2D eigenvalue weighted by molar-refractivity contribution is 6.01. The summed E-state index contributed by atoms with van der Waals surface area (Å²) < 4.78 is 33.2. The fraction of sp³-hybridized carbons (Fsp3) is 0.654. The number of carbonyl (C=O) groups excluding carboxylic acids is 3. The quantitative estimate of drug-likeness (QED) is 0.473. The molecule has 33 heavy (non-hydrogen) atoms. The van der Waals surface area contributed by atoms with Gasteiger partial charge >= 0.3 is 5.97 Å². The number of allylic oxidation sites excluding steroid dienone is 6. The number of ketones is 2. The lowest BCUT2D eigenvalue weighted by molar-refractivity contribution is -0.207. The molecule has 0 aromatic rings. The number of rotatable bonds is 3. The number of Topliss-reactive ketones (excluding diaryl/α,β-unsaturated/α-hetero) is 1. The molecule has 7 atom stereocenters. The average Bonchev–Trinajstić information content (AvgIpc) is 3.13. The molecule has 0 bridgehead atoms. The normalized spacial score (nSPS) is 44.7. The first-order valence-electron chi connectivity index (χ1n) is 11.7. The molecule has 0 radical (unpaired) electrons. The molecule has 7 heteroatoms. The third kappa shape index (κ3) is 2.94. The predicted molar refractivity (Wildman–Crippen MR) is 117 cm³/mol. The SMILES string of the molecule is CC(=O)OCC(=O)C12OC(C)(C)OC1CC1C3CC(F)C4=CC(=O)C=CC4(C)C3=CCC12C. The summed E-state index contributed by atoms with van der Waals surface area (Å²) in [6, 6.07) is 0. The van der Waals surface area contributed by atoms with Crippen LogP contribution in [0.4, 0.5) is 4.39 Å². The highest BCUT2D eigenvalue weighted by atomic mass is 19.1. The van der Waals surface area contributed by atoms with Crippen molar-refractivity contribution < 1.29 is 33.0 Å². The number of halogens is 1. The maximum absolute atomic E-state index is 15.5. The van der Waals surface area contributed by atoms with E-state index in [9.17, 15) is 14.4 Å². The molecule has 5 aliphatic rings. The molecular weight excluding hydrogens is 427 g/mol. The standard InChI is InChI=1S/C26H31FO6/c1-14(28)31-13-21(30)26-22(32-23(2,3)33-26)12-18-16-11-20(27)19-10-15(29)6-8-24(19,4)17(16)7-9-25(18,26)5/h6-8,10,16,18,20,22H,9,11-13H2,1-5H3. The fourth-order valence-electron chi connectivity index (χ4n) is 7.41. The van der Waals surface area contributed by atoms with Crippen LogP contribution in [0.1, 0.15) is 53.9 Å². The minimum Gasteiger partial charge on any atom is -0.458 e. The summed E-state index contributed by atoms with van der Waals surface area (Å²) >= 11 is 0. The Morgan fingerprint density at radius 2 is 1.91 bits per heavy atom. The van der Waals surface area contributed by atoms with E-state index in [-0.39, 0.29) is 36.4 Å². The van der Waals surface area contributed by atoms with Gasteiger partial charge in [0, 0.05) is 17.8 Å². The maximum Gasteiger partial charge on any atom is 0.303 e. The maximum atomic E-state index is 15.5. The molecule has 1 heterocycles. The van der Waals surface area contributed by atoms with Gasteiger partial charge in [-0.15, -0.1) is 0 Å². The lowest BCUT2D eigenvalue weighted by atomic mass is 9.51. The molecule has 0 N–H and O–H groups in total. The molecule has 4 aliphatic carbocycles. The monoisotopic (exact) mass is 458 g/mol. The number of esters is 1. The first-order valence-corrected chi connectivity index (χ1v) is 11.7. The molecule has 3 fully saturated rings. The zero-order chi connectivity index (χ0) is 24.0. The third-order valence-electron chi connectivity index (χ3n) is 8.75. The smallest absolute Gasteiger partial charge is 0.303 e. The summed E-state index contributed by atoms with van der Waals surface area (Å²) in [4.78, 5) is 37.0. The van der Waals surface area contributed by atoms with E-state index in [0.717, 1.165) is 5.57 Å². The highest BCUT2D eigenvalue weighted by Gasteiger charge is 2.75. The van der Waals surface area contributed by atoms with Gasteiger partial charge in [-0.3, -0.25) is 14.4 Å². The molecule has 0 aromatic heterocycles. The summed E-state index contributed by atoms with van der Waals surface area (Å²) in [7, 11) is 0. The predicted octanol–water partition coefficient (Wildman–Crippen LogP) is 3.79. The molecule has 0 aromatic carbocycles. The highest BCUT2D eigenvalue weighted by Crippen LogP contribution is 2.69. The topological polar surface area (TPSA) is 78.9 Å². The van der Waals surface area contributed by atoms with E-state index >= 15 is 4.39 Å². The van der Waals surface area contributed by atoms with Crippen LogP contribution in [0.25, 0.3) is 0 Å². The lowest BCUT2D eigenvalue weighted by Crippen LogP contribution is -2.60. The van der Waals surface area contributed by atoms with E-state index in [2.05, 4.69) is 6.08 Å². The van der Waals surface area contributed by atoms with Gasteiger partial charge in [0.25, 0.3) is 0 Å². The summed E-state index contributed by atoms with van der Waals surface area (Å²) in [6.45, 7) is 8.47. The van der Waals surface area contributed by atoms with Gasteiger partial charge in [0.15, 0.2) is 23.8 Å². The van der Waals surface area contributed by atoms with Crippen molar-refractivity contribution in [2.45, 2.75) is 77.5 Å². The summed E-state index contributed by atoms with van der Waals surface area (Å²) in [5.41, 5.74) is -0.947. The van der Waals surface area contributed by atoms with Crippen molar-refractivity contribution in [3.63, 3.8) is 0 Å². The summed E-state index contributed by atoms with van der Waals surface area (Å²) in [5.74, 6) is -2.14. The van der Waals surface area contributed by atoms with Crippen LogP contribution in [0.15, 0.2) is 35.5 Å². The van der Waals surface area contributed by atoms with Gasteiger partial charge in [0.1, 0.15) is 6.17 Å².